The fraction of sp³-hybridized carbons (Fsp3) is 0.193. The summed E-state index contributed by atoms with van der Waals surface area (Å²) in [6.45, 7) is 0. The molecular weight excluding hydrogens is 685 g/mol. The van der Waals surface area contributed by atoms with Crippen LogP contribution in [0.3, 0.4) is 0 Å². The fourth-order valence-electron chi connectivity index (χ4n) is 13.3. The predicted octanol–water partition coefficient (Wildman–Crippen LogP) is 15.5. The second kappa shape index (κ2) is 12.3. The highest BCUT2D eigenvalue weighted by atomic mass is 14.6. The molecule has 4 bridgehead atoms. The lowest BCUT2D eigenvalue weighted by atomic mass is 9.49. The molecule has 1 unspecified atom stereocenters. The van der Waals surface area contributed by atoms with E-state index < -0.39 is 0 Å². The molecule has 0 heteroatoms. The second-order valence-electron chi connectivity index (χ2n) is 18.0. The minimum absolute atomic E-state index is 0.492. The first-order chi connectivity index (χ1) is 28.3. The Hall–Kier alpha value is -5.98. The van der Waals surface area contributed by atoms with Gasteiger partial charge in [-0.05, 0) is 166 Å². The van der Waals surface area contributed by atoms with E-state index in [9.17, 15) is 0 Å². The summed E-state index contributed by atoms with van der Waals surface area (Å²) in [4.78, 5) is 0. The molecule has 272 valence electrons. The number of hydrogen-bond donors (Lipinski definition) is 0. The van der Waals surface area contributed by atoms with E-state index in [4.69, 9.17) is 0 Å². The third kappa shape index (κ3) is 4.68. The Morgan fingerprint density at radius 1 is 0.316 bits per heavy atom. The maximum Gasteiger partial charge on any atom is 0.0135 e. The van der Waals surface area contributed by atoms with Gasteiger partial charge in [-0.2, -0.15) is 0 Å². The first-order valence-corrected chi connectivity index (χ1v) is 21.4. The predicted molar refractivity (Wildman–Crippen MR) is 241 cm³/mol. The summed E-state index contributed by atoms with van der Waals surface area (Å²) >= 11 is 0. The molecule has 4 saturated carbocycles. The highest BCUT2D eigenvalue weighted by molar-refractivity contribution is 6.24. The average Bonchev–Trinajstić information content (AvgIpc) is 3.59. The van der Waals surface area contributed by atoms with Gasteiger partial charge in [-0.25, -0.2) is 0 Å². The van der Waals surface area contributed by atoms with E-state index >= 15 is 0 Å². The maximum atomic E-state index is 2.61. The van der Waals surface area contributed by atoms with Crippen molar-refractivity contribution in [1.29, 1.82) is 0 Å². The molecule has 1 atom stereocenters. The second-order valence-corrected chi connectivity index (χ2v) is 18.0. The summed E-state index contributed by atoms with van der Waals surface area (Å²) in [6, 6.07) is 64.7. The zero-order chi connectivity index (χ0) is 37.2. The molecule has 57 heavy (non-hydrogen) atoms. The van der Waals surface area contributed by atoms with Crippen LogP contribution in [0.5, 0.6) is 0 Å². The standard InChI is InChI=1S/C57H44/c1-2-12-36(13-3-1)41-26-27-49(44-17-7-6-16-43(41)44)56-47-20-10-8-18-45(47)54(46-19-9-11-21-48(46)56)38-23-24-50-52(33-38)55-42-15-5-4-14-37(42)22-25-51(55)57(50)53-39-29-34-28-35(31-39)32-40(53)30-34/h1-27,33-35,39-40,53,57H,28-32H2. The van der Waals surface area contributed by atoms with Crippen LogP contribution in [0.2, 0.25) is 0 Å². The van der Waals surface area contributed by atoms with Crippen LogP contribution in [0.15, 0.2) is 170 Å². The summed E-state index contributed by atoms with van der Waals surface area (Å²) < 4.78 is 0. The molecule has 0 spiro atoms. The van der Waals surface area contributed by atoms with Crippen LogP contribution < -0.4 is 0 Å². The summed E-state index contributed by atoms with van der Waals surface area (Å²) in [5.74, 6) is 4.95. The lowest BCUT2D eigenvalue weighted by molar-refractivity contribution is -0.0424. The fourth-order valence-corrected chi connectivity index (χ4v) is 13.3. The van der Waals surface area contributed by atoms with Gasteiger partial charge in [0.1, 0.15) is 0 Å². The van der Waals surface area contributed by atoms with Crippen LogP contribution in [0, 0.1) is 29.6 Å². The summed E-state index contributed by atoms with van der Waals surface area (Å²) in [7, 11) is 0. The molecule has 5 aliphatic rings. The van der Waals surface area contributed by atoms with Crippen molar-refractivity contribution in [3.8, 4) is 44.5 Å². The Balaban J connectivity index is 1.05. The first kappa shape index (κ1) is 32.1. The van der Waals surface area contributed by atoms with E-state index in [1.54, 1.807) is 11.1 Å². The molecule has 0 aliphatic heterocycles. The van der Waals surface area contributed by atoms with E-state index in [-0.39, 0.29) is 0 Å². The number of hydrogen-bond acceptors (Lipinski definition) is 0. The molecule has 5 aliphatic carbocycles. The Morgan fingerprint density at radius 2 is 0.842 bits per heavy atom. The van der Waals surface area contributed by atoms with Gasteiger partial charge in [0, 0.05) is 5.92 Å². The van der Waals surface area contributed by atoms with Crippen LogP contribution in [0.25, 0.3) is 87.6 Å². The quantitative estimate of drug-likeness (QED) is 0.158. The summed E-state index contributed by atoms with van der Waals surface area (Å²) in [5, 5.41) is 10.6. The minimum atomic E-state index is 0.492. The number of rotatable bonds is 4. The molecule has 0 heterocycles. The minimum Gasteiger partial charge on any atom is -0.0622 e. The van der Waals surface area contributed by atoms with Crippen LogP contribution in [-0.4, -0.2) is 0 Å². The molecule has 4 fully saturated rings. The van der Waals surface area contributed by atoms with Crippen LogP contribution >= 0.6 is 0 Å². The zero-order valence-corrected chi connectivity index (χ0v) is 32.2. The summed E-state index contributed by atoms with van der Waals surface area (Å²) in [6.07, 6.45) is 7.33. The van der Waals surface area contributed by atoms with Crippen molar-refractivity contribution in [2.45, 2.75) is 38.0 Å². The zero-order valence-electron chi connectivity index (χ0n) is 32.2. The normalized spacial score (nSPS) is 23.1. The SMILES string of the molecule is c1ccc(-c2ccc(-c3c4ccccc4c(-c4ccc5c(c4)-c4c(ccc6ccccc46)C5C4C5CC6CC(C5)CC4C6)c4ccccc34)c3ccccc23)cc1. The van der Waals surface area contributed by atoms with Crippen molar-refractivity contribution in [2.75, 3.05) is 0 Å². The molecule has 9 aromatic rings. The van der Waals surface area contributed by atoms with Crippen molar-refractivity contribution in [3.05, 3.63) is 181 Å². The molecule has 0 aromatic heterocycles. The Kier molecular flexibility index (Phi) is 6.91. The van der Waals surface area contributed by atoms with E-state index in [1.807, 2.05) is 0 Å². The molecular formula is C57H44. The van der Waals surface area contributed by atoms with Gasteiger partial charge in [0.2, 0.25) is 0 Å². The van der Waals surface area contributed by atoms with Gasteiger partial charge in [-0.3, -0.25) is 0 Å². The molecule has 0 saturated heterocycles. The Bertz CT molecular complexity index is 3010. The molecule has 0 amide bonds. The average molecular weight is 729 g/mol. The van der Waals surface area contributed by atoms with Crippen molar-refractivity contribution < 1.29 is 0 Å². The van der Waals surface area contributed by atoms with Gasteiger partial charge >= 0.3 is 0 Å². The molecule has 14 rings (SSSR count). The van der Waals surface area contributed by atoms with Crippen molar-refractivity contribution >= 4 is 43.1 Å². The van der Waals surface area contributed by atoms with Gasteiger partial charge in [0.05, 0.1) is 0 Å². The third-order valence-electron chi connectivity index (χ3n) is 15.1. The molecule has 9 aromatic carbocycles. The molecule has 0 nitrogen and oxygen atoms in total. The van der Waals surface area contributed by atoms with Gasteiger partial charge in [-0.15, -0.1) is 0 Å². The van der Waals surface area contributed by atoms with E-state index in [0.717, 1.165) is 29.6 Å². The molecule has 0 radical (unpaired) electrons. The third-order valence-corrected chi connectivity index (χ3v) is 15.1. The monoisotopic (exact) mass is 728 g/mol. The van der Waals surface area contributed by atoms with E-state index in [0.29, 0.717) is 5.92 Å². The van der Waals surface area contributed by atoms with Crippen molar-refractivity contribution in [3.63, 3.8) is 0 Å². The smallest absolute Gasteiger partial charge is 0.0135 e. The highest BCUT2D eigenvalue weighted by Crippen LogP contribution is 2.64. The lowest BCUT2D eigenvalue weighted by Crippen LogP contribution is -2.47. The van der Waals surface area contributed by atoms with Crippen LogP contribution in [0.4, 0.5) is 0 Å². The van der Waals surface area contributed by atoms with Gasteiger partial charge in [0.15, 0.2) is 0 Å². The Morgan fingerprint density at radius 3 is 1.51 bits per heavy atom. The van der Waals surface area contributed by atoms with Crippen molar-refractivity contribution in [1.82, 2.24) is 0 Å². The van der Waals surface area contributed by atoms with E-state index in [2.05, 4.69) is 170 Å². The van der Waals surface area contributed by atoms with Crippen molar-refractivity contribution in [2.24, 2.45) is 29.6 Å². The largest absolute Gasteiger partial charge is 0.0622 e. The first-order valence-electron chi connectivity index (χ1n) is 21.4. The lowest BCUT2D eigenvalue weighted by Gasteiger charge is -2.56. The molecule has 0 N–H and O–H groups in total. The van der Waals surface area contributed by atoms with Gasteiger partial charge in [0.25, 0.3) is 0 Å². The Labute approximate surface area is 334 Å². The number of fused-ring (bicyclic) bond motifs is 8. The van der Waals surface area contributed by atoms with Crippen LogP contribution in [0.1, 0.15) is 49.1 Å². The topological polar surface area (TPSA) is 0 Å². The van der Waals surface area contributed by atoms with Gasteiger partial charge < -0.3 is 0 Å². The maximum absolute atomic E-state index is 2.61. The summed E-state index contributed by atoms with van der Waals surface area (Å²) in [5.41, 5.74) is 13.9. The van der Waals surface area contributed by atoms with Crippen LogP contribution in [-0.2, 0) is 0 Å². The highest BCUT2D eigenvalue weighted by Gasteiger charge is 2.52. The van der Waals surface area contributed by atoms with Gasteiger partial charge in [-0.1, -0.05) is 164 Å². The number of benzene rings is 9. The van der Waals surface area contributed by atoms with E-state index in [1.165, 1.54) is 120 Å².